The minimum absolute atomic E-state index is 0.224. The summed E-state index contributed by atoms with van der Waals surface area (Å²) in [5.41, 5.74) is 5.85. The molecule has 102 valence electrons. The fourth-order valence-corrected chi connectivity index (χ4v) is 1.40. The van der Waals surface area contributed by atoms with Gasteiger partial charge in [0.15, 0.2) is 5.82 Å². The van der Waals surface area contributed by atoms with Crippen LogP contribution in [0.5, 0.6) is 5.75 Å². The van der Waals surface area contributed by atoms with Crippen molar-refractivity contribution < 1.29 is 22.4 Å². The van der Waals surface area contributed by atoms with Gasteiger partial charge in [-0.1, -0.05) is 5.16 Å². The highest BCUT2D eigenvalue weighted by atomic mass is 19.4. The van der Waals surface area contributed by atoms with Crippen LogP contribution in [0, 0.1) is 0 Å². The van der Waals surface area contributed by atoms with E-state index in [1.54, 1.807) is 0 Å². The fraction of sp³-hybridized carbons (Fsp3) is 0.273. The predicted molar refractivity (Wildman–Crippen MR) is 59.2 cm³/mol. The summed E-state index contributed by atoms with van der Waals surface area (Å²) in [5.74, 6) is 0.369. The van der Waals surface area contributed by atoms with E-state index in [1.807, 2.05) is 0 Å². The Kier molecular flexibility index (Phi) is 3.70. The summed E-state index contributed by atoms with van der Waals surface area (Å²) in [6.07, 6.45) is -4.24. The van der Waals surface area contributed by atoms with E-state index >= 15 is 0 Å². The molecule has 8 heteroatoms. The van der Waals surface area contributed by atoms with Crippen LogP contribution in [-0.2, 0) is 6.42 Å². The van der Waals surface area contributed by atoms with E-state index in [-0.39, 0.29) is 11.6 Å². The number of aromatic nitrogens is 2. The predicted octanol–water partition coefficient (Wildman–Crippen LogP) is 2.14. The molecule has 1 aromatic heterocycles. The normalized spacial score (nSPS) is 11.6. The molecular weight excluding hydrogens is 263 g/mol. The molecular formula is C11H10F3N3O2. The van der Waals surface area contributed by atoms with Gasteiger partial charge in [0, 0.05) is 12.0 Å². The second-order valence-electron chi connectivity index (χ2n) is 3.63. The monoisotopic (exact) mass is 273 g/mol. The van der Waals surface area contributed by atoms with Crippen molar-refractivity contribution >= 4 is 0 Å². The Balaban J connectivity index is 2.13. The Morgan fingerprint density at radius 1 is 1.21 bits per heavy atom. The number of rotatable bonds is 4. The molecule has 2 N–H and O–H groups in total. The van der Waals surface area contributed by atoms with E-state index < -0.39 is 6.36 Å². The van der Waals surface area contributed by atoms with Crippen LogP contribution in [0.15, 0.2) is 28.8 Å². The van der Waals surface area contributed by atoms with E-state index in [2.05, 4.69) is 14.9 Å². The third-order valence-corrected chi connectivity index (χ3v) is 2.17. The number of ether oxygens (including phenoxy) is 1. The van der Waals surface area contributed by atoms with Crippen LogP contribution < -0.4 is 10.5 Å². The smallest absolute Gasteiger partial charge is 0.406 e. The van der Waals surface area contributed by atoms with Crippen molar-refractivity contribution in [1.29, 1.82) is 0 Å². The number of hydrogen-bond donors (Lipinski definition) is 1. The van der Waals surface area contributed by atoms with Gasteiger partial charge in [-0.25, -0.2) is 0 Å². The van der Waals surface area contributed by atoms with Crippen molar-refractivity contribution in [3.63, 3.8) is 0 Å². The quantitative estimate of drug-likeness (QED) is 0.923. The third-order valence-electron chi connectivity index (χ3n) is 2.17. The molecule has 0 spiro atoms. The van der Waals surface area contributed by atoms with Crippen molar-refractivity contribution in [2.24, 2.45) is 5.73 Å². The summed E-state index contributed by atoms with van der Waals surface area (Å²) >= 11 is 0. The molecule has 0 atom stereocenters. The minimum Gasteiger partial charge on any atom is -0.406 e. The summed E-state index contributed by atoms with van der Waals surface area (Å²) < 4.78 is 44.7. The molecule has 0 radical (unpaired) electrons. The first-order valence-electron chi connectivity index (χ1n) is 5.37. The van der Waals surface area contributed by atoms with Gasteiger partial charge in [0.25, 0.3) is 5.89 Å². The lowest BCUT2D eigenvalue weighted by Crippen LogP contribution is -2.16. The molecule has 5 nitrogen and oxygen atoms in total. The Bertz CT molecular complexity index is 537. The largest absolute Gasteiger partial charge is 0.573 e. The van der Waals surface area contributed by atoms with E-state index in [1.165, 1.54) is 24.3 Å². The Morgan fingerprint density at radius 2 is 1.89 bits per heavy atom. The maximum absolute atomic E-state index is 12.0. The molecule has 0 aliphatic heterocycles. The zero-order chi connectivity index (χ0) is 13.9. The molecule has 1 heterocycles. The second-order valence-corrected chi connectivity index (χ2v) is 3.63. The lowest BCUT2D eigenvalue weighted by Gasteiger charge is -2.08. The maximum atomic E-state index is 12.0. The van der Waals surface area contributed by atoms with Gasteiger partial charge in [-0.15, -0.1) is 13.2 Å². The van der Waals surface area contributed by atoms with E-state index in [4.69, 9.17) is 10.3 Å². The molecule has 0 amide bonds. The van der Waals surface area contributed by atoms with Gasteiger partial charge >= 0.3 is 6.36 Å². The van der Waals surface area contributed by atoms with Gasteiger partial charge in [0.05, 0.1) is 0 Å². The topological polar surface area (TPSA) is 74.2 Å². The maximum Gasteiger partial charge on any atom is 0.573 e. The van der Waals surface area contributed by atoms with E-state index in [0.717, 1.165) is 0 Å². The fourth-order valence-electron chi connectivity index (χ4n) is 1.40. The average Bonchev–Trinajstić information content (AvgIpc) is 2.77. The average molecular weight is 273 g/mol. The highest BCUT2D eigenvalue weighted by molar-refractivity contribution is 5.54. The van der Waals surface area contributed by atoms with E-state index in [9.17, 15) is 13.2 Å². The number of nitrogens with two attached hydrogens (primary N) is 1. The van der Waals surface area contributed by atoms with Crippen LogP contribution in [0.1, 0.15) is 5.82 Å². The van der Waals surface area contributed by atoms with Gasteiger partial charge in [-0.05, 0) is 30.8 Å². The summed E-state index contributed by atoms with van der Waals surface area (Å²) in [6, 6.07) is 5.16. The van der Waals surface area contributed by atoms with Crippen LogP contribution in [0.4, 0.5) is 13.2 Å². The first kappa shape index (κ1) is 13.3. The molecule has 0 unspecified atom stereocenters. The number of nitrogens with zero attached hydrogens (tertiary/aromatic N) is 2. The number of benzene rings is 1. The molecule has 2 aromatic rings. The molecule has 0 fully saturated rings. The van der Waals surface area contributed by atoms with Crippen molar-refractivity contribution in [2.75, 3.05) is 6.54 Å². The van der Waals surface area contributed by atoms with Crippen molar-refractivity contribution in [3.05, 3.63) is 30.1 Å². The lowest BCUT2D eigenvalue weighted by atomic mass is 10.2. The molecule has 19 heavy (non-hydrogen) atoms. The molecule has 2 rings (SSSR count). The summed E-state index contributed by atoms with van der Waals surface area (Å²) in [4.78, 5) is 4.05. The SMILES string of the molecule is NCCc1noc(-c2ccc(OC(F)(F)F)cc2)n1. The first-order chi connectivity index (χ1) is 8.98. The standard InChI is InChI=1S/C11H10F3N3O2/c12-11(13,14)18-8-3-1-7(2-4-8)10-16-9(5-6-15)17-19-10/h1-4H,5-6,15H2. The van der Waals surface area contributed by atoms with Crippen LogP contribution in [0.3, 0.4) is 0 Å². The molecule has 0 aliphatic rings. The summed E-state index contributed by atoms with van der Waals surface area (Å²) in [5, 5.41) is 3.69. The molecule has 0 bridgehead atoms. The van der Waals surface area contributed by atoms with Gasteiger partial charge in [-0.3, -0.25) is 0 Å². The van der Waals surface area contributed by atoms with Gasteiger partial charge in [0.1, 0.15) is 5.75 Å². The second kappa shape index (κ2) is 5.27. The van der Waals surface area contributed by atoms with Gasteiger partial charge in [-0.2, -0.15) is 4.98 Å². The molecule has 1 aromatic carbocycles. The van der Waals surface area contributed by atoms with Crippen molar-refractivity contribution in [2.45, 2.75) is 12.8 Å². The third kappa shape index (κ3) is 3.68. The van der Waals surface area contributed by atoms with Gasteiger partial charge < -0.3 is 15.0 Å². The Labute approximate surface area is 106 Å². The van der Waals surface area contributed by atoms with Gasteiger partial charge in [0.2, 0.25) is 0 Å². The van der Waals surface area contributed by atoms with Crippen molar-refractivity contribution in [1.82, 2.24) is 10.1 Å². The first-order valence-corrected chi connectivity index (χ1v) is 5.37. The zero-order valence-electron chi connectivity index (χ0n) is 9.65. The summed E-state index contributed by atoms with van der Waals surface area (Å²) in [7, 11) is 0. The Morgan fingerprint density at radius 3 is 2.47 bits per heavy atom. The number of alkyl halides is 3. The number of hydrogen-bond acceptors (Lipinski definition) is 5. The van der Waals surface area contributed by atoms with E-state index in [0.29, 0.717) is 24.4 Å². The molecule has 0 saturated heterocycles. The van der Waals surface area contributed by atoms with Crippen LogP contribution in [0.25, 0.3) is 11.5 Å². The van der Waals surface area contributed by atoms with Crippen LogP contribution in [0.2, 0.25) is 0 Å². The zero-order valence-corrected chi connectivity index (χ0v) is 9.65. The Hall–Kier alpha value is -2.09. The number of halogens is 3. The minimum atomic E-state index is -4.71. The van der Waals surface area contributed by atoms with Crippen LogP contribution >= 0.6 is 0 Å². The van der Waals surface area contributed by atoms with Crippen molar-refractivity contribution in [3.8, 4) is 17.2 Å². The molecule has 0 saturated carbocycles. The highest BCUT2D eigenvalue weighted by Gasteiger charge is 2.31. The molecule has 0 aliphatic carbocycles. The highest BCUT2D eigenvalue weighted by Crippen LogP contribution is 2.25. The lowest BCUT2D eigenvalue weighted by molar-refractivity contribution is -0.274. The summed E-state index contributed by atoms with van der Waals surface area (Å²) in [6.45, 7) is 0.386. The van der Waals surface area contributed by atoms with Crippen LogP contribution in [-0.4, -0.2) is 23.0 Å².